The number of hydrogen-bond donors (Lipinski definition) is 0. The second kappa shape index (κ2) is 14.5. The van der Waals surface area contributed by atoms with E-state index in [1.807, 2.05) is 54.9 Å². The molecule has 0 spiro atoms. The van der Waals surface area contributed by atoms with Gasteiger partial charge in [0.25, 0.3) is 0 Å². The summed E-state index contributed by atoms with van der Waals surface area (Å²) in [6.07, 6.45) is 3.80. The van der Waals surface area contributed by atoms with Crippen molar-refractivity contribution in [3.63, 3.8) is 0 Å². The van der Waals surface area contributed by atoms with Crippen LogP contribution in [0.15, 0.2) is 232 Å². The maximum Gasteiger partial charge on any atom is 0.156 e. The molecule has 0 amide bonds. The molecule has 5 heterocycles. The molecule has 0 fully saturated rings. The van der Waals surface area contributed by atoms with E-state index in [2.05, 4.69) is 174 Å². The number of hydrogen-bond acceptors (Lipinski definition) is 7. The van der Waals surface area contributed by atoms with E-state index in [1.54, 1.807) is 0 Å². The first-order chi connectivity index (χ1) is 34.1. The molecule has 0 aliphatic heterocycles. The quantitative estimate of drug-likeness (QED) is 0.154. The van der Waals surface area contributed by atoms with Crippen LogP contribution in [-0.4, -0.2) is 9.97 Å². The predicted molar refractivity (Wildman–Crippen MR) is 283 cm³/mol. The molecule has 0 atom stereocenters. The fraction of sp³-hybridized carbons (Fsp3) is 0. The van der Waals surface area contributed by atoms with Crippen LogP contribution in [0.1, 0.15) is 0 Å². The molecule has 0 saturated carbocycles. The van der Waals surface area contributed by atoms with Crippen LogP contribution >= 0.6 is 0 Å². The predicted octanol–water partition coefficient (Wildman–Crippen LogP) is 17.7. The summed E-state index contributed by atoms with van der Waals surface area (Å²) in [5.74, 6) is 0.696. The van der Waals surface area contributed by atoms with Gasteiger partial charge in [0.1, 0.15) is 39.2 Å². The number of nitrogens with zero attached hydrogens (tertiary/aromatic N) is 4. The van der Waals surface area contributed by atoms with Crippen molar-refractivity contribution in [2.24, 2.45) is 0 Å². The van der Waals surface area contributed by atoms with Crippen molar-refractivity contribution < 1.29 is 13.3 Å². The summed E-state index contributed by atoms with van der Waals surface area (Å²) in [5, 5.41) is 14.6. The minimum atomic E-state index is 0.649. The van der Waals surface area contributed by atoms with Crippen molar-refractivity contribution in [3.05, 3.63) is 219 Å². The summed E-state index contributed by atoms with van der Waals surface area (Å²) in [6.45, 7) is 0. The standard InChI is InChI=1S/C62H36N4O3/c1-3-11-46-37(9-1)17-19-39-29-41(21-25-48(39)46)65(43-23-27-52-50-13-5-7-15-55(50)67-57(52)31-43)45-33-60-62(64-35-45)54-36-63-61(34-59(54)69-60)66(44-24-28-53-51-14-6-8-16-56(51)68-58(53)32-44)42-22-26-49-40(30-42)20-18-38-10-2-4-12-47(38)49/h1-36H. The highest BCUT2D eigenvalue weighted by Gasteiger charge is 2.22. The first kappa shape index (κ1) is 37.7. The van der Waals surface area contributed by atoms with Gasteiger partial charge in [0.05, 0.1) is 23.0 Å². The van der Waals surface area contributed by atoms with Crippen LogP contribution in [0.5, 0.6) is 0 Å². The summed E-state index contributed by atoms with van der Waals surface area (Å²) in [6, 6.07) is 72.3. The zero-order valence-corrected chi connectivity index (χ0v) is 36.8. The Hall–Kier alpha value is -9.46. The third-order valence-electron chi connectivity index (χ3n) is 13.9. The molecule has 0 unspecified atom stereocenters. The molecule has 10 aromatic carbocycles. The van der Waals surface area contributed by atoms with Gasteiger partial charge in [0.15, 0.2) is 5.58 Å². The molecular weight excluding hydrogens is 849 g/mol. The van der Waals surface area contributed by atoms with Crippen LogP contribution in [0.25, 0.3) is 109 Å². The fourth-order valence-electron chi connectivity index (χ4n) is 10.6. The summed E-state index contributed by atoms with van der Waals surface area (Å²) in [7, 11) is 0. The molecule has 7 nitrogen and oxygen atoms in total. The number of para-hydroxylation sites is 2. The van der Waals surface area contributed by atoms with Crippen molar-refractivity contribution in [2.45, 2.75) is 0 Å². The number of benzene rings is 10. The Morgan fingerprint density at radius 3 is 1.29 bits per heavy atom. The molecule has 322 valence electrons. The van der Waals surface area contributed by atoms with E-state index in [0.29, 0.717) is 17.0 Å². The van der Waals surface area contributed by atoms with Crippen molar-refractivity contribution >= 4 is 143 Å². The van der Waals surface area contributed by atoms with E-state index in [0.717, 1.165) is 94.0 Å². The monoisotopic (exact) mass is 884 g/mol. The van der Waals surface area contributed by atoms with Gasteiger partial charge in [0.2, 0.25) is 0 Å². The lowest BCUT2D eigenvalue weighted by molar-refractivity contribution is 0.668. The molecule has 0 aliphatic carbocycles. The van der Waals surface area contributed by atoms with Gasteiger partial charge in [-0.3, -0.25) is 4.90 Å². The molecule has 0 bridgehead atoms. The summed E-state index contributed by atoms with van der Waals surface area (Å²) in [5.41, 5.74) is 10.0. The molecule has 15 rings (SSSR count). The molecule has 0 saturated heterocycles. The average Bonchev–Trinajstić information content (AvgIpc) is 4.09. The topological polar surface area (TPSA) is 71.7 Å². The van der Waals surface area contributed by atoms with Crippen molar-refractivity contribution in [1.82, 2.24) is 9.97 Å². The van der Waals surface area contributed by atoms with Gasteiger partial charge in [-0.1, -0.05) is 121 Å². The Morgan fingerprint density at radius 1 is 0.261 bits per heavy atom. The van der Waals surface area contributed by atoms with Gasteiger partial charge >= 0.3 is 0 Å². The van der Waals surface area contributed by atoms with Gasteiger partial charge in [-0.15, -0.1) is 0 Å². The molecule has 7 heteroatoms. The van der Waals surface area contributed by atoms with E-state index < -0.39 is 0 Å². The van der Waals surface area contributed by atoms with Crippen LogP contribution in [0, 0.1) is 0 Å². The number of aromatic nitrogens is 2. The number of fused-ring (bicyclic) bond motifs is 15. The molecule has 5 aromatic heterocycles. The van der Waals surface area contributed by atoms with Gasteiger partial charge in [0, 0.05) is 69.1 Å². The van der Waals surface area contributed by atoms with Crippen LogP contribution in [0.2, 0.25) is 0 Å². The average molecular weight is 885 g/mol. The second-order valence-corrected chi connectivity index (χ2v) is 17.8. The van der Waals surface area contributed by atoms with Crippen LogP contribution in [-0.2, 0) is 0 Å². The highest BCUT2D eigenvalue weighted by atomic mass is 16.3. The third kappa shape index (κ3) is 5.87. The van der Waals surface area contributed by atoms with E-state index in [-0.39, 0.29) is 0 Å². The van der Waals surface area contributed by atoms with Gasteiger partial charge in [-0.25, -0.2) is 9.97 Å². The van der Waals surface area contributed by atoms with Crippen molar-refractivity contribution in [2.75, 3.05) is 9.80 Å². The Labute approximate surface area is 393 Å². The first-order valence-corrected chi connectivity index (χ1v) is 23.1. The number of anilines is 6. The molecule has 69 heavy (non-hydrogen) atoms. The summed E-state index contributed by atoms with van der Waals surface area (Å²) in [4.78, 5) is 14.7. The minimum absolute atomic E-state index is 0.649. The molecular formula is C62H36N4O3. The molecule has 15 aromatic rings. The Balaban J connectivity index is 0.888. The normalized spacial score (nSPS) is 12.1. The lowest BCUT2D eigenvalue weighted by atomic mass is 10.0. The van der Waals surface area contributed by atoms with E-state index >= 15 is 0 Å². The maximum absolute atomic E-state index is 6.84. The van der Waals surface area contributed by atoms with Crippen molar-refractivity contribution in [1.29, 1.82) is 0 Å². The number of rotatable bonds is 6. The van der Waals surface area contributed by atoms with Crippen molar-refractivity contribution in [3.8, 4) is 0 Å². The van der Waals surface area contributed by atoms with Crippen LogP contribution in [0.3, 0.4) is 0 Å². The Bertz CT molecular complexity index is 4310. The van der Waals surface area contributed by atoms with E-state index in [4.69, 9.17) is 23.2 Å². The zero-order chi connectivity index (χ0) is 45.2. The highest BCUT2D eigenvalue weighted by Crippen LogP contribution is 2.44. The van der Waals surface area contributed by atoms with Gasteiger partial charge in [-0.05, 0) is 104 Å². The first-order valence-electron chi connectivity index (χ1n) is 23.1. The van der Waals surface area contributed by atoms with Gasteiger partial charge < -0.3 is 18.2 Å². The fourth-order valence-corrected chi connectivity index (χ4v) is 10.6. The van der Waals surface area contributed by atoms with E-state index in [9.17, 15) is 0 Å². The highest BCUT2D eigenvalue weighted by molar-refractivity contribution is 6.12. The van der Waals surface area contributed by atoms with E-state index in [1.165, 1.54) is 32.3 Å². The summed E-state index contributed by atoms with van der Waals surface area (Å²) >= 11 is 0. The Morgan fingerprint density at radius 2 is 0.681 bits per heavy atom. The second-order valence-electron chi connectivity index (χ2n) is 17.8. The van der Waals surface area contributed by atoms with Gasteiger partial charge in [-0.2, -0.15) is 0 Å². The lowest BCUT2D eigenvalue weighted by Gasteiger charge is -2.25. The largest absolute Gasteiger partial charge is 0.456 e. The SMILES string of the molecule is c1ccc2c(c1)ccc1cc(N(c3ccc4c(c3)oc3ccccc34)c3cnc4c(c3)oc3cc(N(c5ccc6c(ccc7ccccc76)c5)c5ccc6c(c5)oc5ccccc56)ncc34)ccc12. The third-order valence-corrected chi connectivity index (χ3v) is 13.9. The summed E-state index contributed by atoms with van der Waals surface area (Å²) < 4.78 is 19.7. The lowest BCUT2D eigenvalue weighted by Crippen LogP contribution is -2.11. The maximum atomic E-state index is 6.84. The number of pyridine rings is 2. The number of furan rings is 3. The minimum Gasteiger partial charge on any atom is -0.456 e. The smallest absolute Gasteiger partial charge is 0.156 e. The molecule has 0 aliphatic rings. The van der Waals surface area contributed by atoms with Crippen LogP contribution in [0.4, 0.5) is 34.3 Å². The Kier molecular flexibility index (Phi) is 7.94. The van der Waals surface area contributed by atoms with Crippen LogP contribution < -0.4 is 9.80 Å². The zero-order valence-electron chi connectivity index (χ0n) is 36.8. The molecule has 0 radical (unpaired) electrons. The molecule has 0 N–H and O–H groups in total.